The standard InChI is InChI=1S/C16H35O3P.C2H4.H3O4P/c1-3-5-7-9-11-13-15-18-20(17)19-16-14-12-10-8-6-4-2;1-2;1-5(2,3)4/h17H,3-16H2,1-2H3;1-2H2;(H3,1,2,3,4). The third-order valence-corrected chi connectivity index (χ3v) is 4.21. The smallest absolute Gasteiger partial charge is 0.328 e. The van der Waals surface area contributed by atoms with Crippen molar-refractivity contribution in [2.45, 2.75) is 90.9 Å². The van der Waals surface area contributed by atoms with Gasteiger partial charge in [-0.25, -0.2) is 4.57 Å². The van der Waals surface area contributed by atoms with E-state index in [-0.39, 0.29) is 0 Å². The fourth-order valence-electron chi connectivity index (χ4n) is 2.09. The van der Waals surface area contributed by atoms with Crippen LogP contribution in [0.4, 0.5) is 0 Å². The maximum Gasteiger partial charge on any atom is 0.466 e. The molecule has 9 heteroatoms. The van der Waals surface area contributed by atoms with Gasteiger partial charge in [-0.1, -0.05) is 78.1 Å². The van der Waals surface area contributed by atoms with Crippen LogP contribution in [0.5, 0.6) is 0 Å². The van der Waals surface area contributed by atoms with Crippen LogP contribution >= 0.6 is 16.4 Å². The zero-order valence-electron chi connectivity index (χ0n) is 17.2. The molecule has 0 fully saturated rings. The SMILES string of the molecule is C=C.CCCCCCCCOP(O)OCCCCCCCC.O=P(O)(O)O. The Morgan fingerprint density at radius 1 is 0.704 bits per heavy atom. The van der Waals surface area contributed by atoms with E-state index in [1.165, 1.54) is 64.2 Å². The van der Waals surface area contributed by atoms with E-state index in [1.54, 1.807) is 0 Å². The average Bonchev–Trinajstić information content (AvgIpc) is 2.60. The minimum atomic E-state index is -4.64. The van der Waals surface area contributed by atoms with Crippen molar-refractivity contribution in [3.8, 4) is 0 Å². The lowest BCUT2D eigenvalue weighted by Gasteiger charge is -2.10. The highest BCUT2D eigenvalue weighted by molar-refractivity contribution is 7.45. The molecule has 0 aliphatic heterocycles. The van der Waals surface area contributed by atoms with Crippen molar-refractivity contribution < 1.29 is 33.2 Å². The van der Waals surface area contributed by atoms with Gasteiger partial charge in [0.15, 0.2) is 0 Å². The van der Waals surface area contributed by atoms with Crippen LogP contribution < -0.4 is 0 Å². The molecule has 0 saturated carbocycles. The first-order valence-electron chi connectivity index (χ1n) is 9.84. The van der Waals surface area contributed by atoms with Crippen molar-refractivity contribution in [3.63, 3.8) is 0 Å². The Hall–Kier alpha value is 0.160. The zero-order chi connectivity index (χ0) is 21.4. The lowest BCUT2D eigenvalue weighted by atomic mass is 10.1. The second-order valence-electron chi connectivity index (χ2n) is 5.95. The highest BCUT2D eigenvalue weighted by atomic mass is 31.2. The molecule has 27 heavy (non-hydrogen) atoms. The largest absolute Gasteiger partial charge is 0.466 e. The Kier molecular flexibility index (Phi) is 30.9. The second kappa shape index (κ2) is 26.2. The fourth-order valence-corrected chi connectivity index (χ4v) is 2.73. The van der Waals surface area contributed by atoms with Crippen molar-refractivity contribution in [2.24, 2.45) is 0 Å². The summed E-state index contributed by atoms with van der Waals surface area (Å²) in [5, 5.41) is 0. The molecule has 0 rings (SSSR count). The third kappa shape index (κ3) is 46.3. The number of hydrogen-bond donors (Lipinski definition) is 4. The fraction of sp³-hybridized carbons (Fsp3) is 0.889. The Morgan fingerprint density at radius 3 is 1.26 bits per heavy atom. The molecule has 7 nitrogen and oxygen atoms in total. The summed E-state index contributed by atoms with van der Waals surface area (Å²) in [6.07, 6.45) is 14.9. The summed E-state index contributed by atoms with van der Waals surface area (Å²) in [7, 11) is -6.27. The van der Waals surface area contributed by atoms with Crippen LogP contribution in [0.15, 0.2) is 13.2 Å². The number of hydrogen-bond acceptors (Lipinski definition) is 4. The minimum Gasteiger partial charge on any atom is -0.328 e. The molecule has 0 atom stereocenters. The molecule has 0 bridgehead atoms. The molecule has 4 N–H and O–H groups in total. The normalized spacial score (nSPS) is 10.8. The topological polar surface area (TPSA) is 116 Å². The zero-order valence-corrected chi connectivity index (χ0v) is 19.0. The van der Waals surface area contributed by atoms with E-state index in [9.17, 15) is 4.89 Å². The Labute approximate surface area is 167 Å². The second-order valence-corrected chi connectivity index (χ2v) is 7.97. The van der Waals surface area contributed by atoms with Gasteiger partial charge < -0.3 is 28.6 Å². The lowest BCUT2D eigenvalue weighted by Crippen LogP contribution is -1.95. The first-order valence-corrected chi connectivity index (χ1v) is 12.5. The summed E-state index contributed by atoms with van der Waals surface area (Å²) in [6.45, 7) is 11.7. The van der Waals surface area contributed by atoms with E-state index in [0.717, 1.165) is 12.8 Å². The summed E-state index contributed by atoms with van der Waals surface area (Å²) in [4.78, 5) is 31.1. The van der Waals surface area contributed by atoms with Crippen molar-refractivity contribution in [3.05, 3.63) is 13.2 Å². The number of rotatable bonds is 16. The van der Waals surface area contributed by atoms with Crippen LogP contribution in [0.2, 0.25) is 0 Å². The van der Waals surface area contributed by atoms with Gasteiger partial charge in [0.2, 0.25) is 0 Å². The Balaban J connectivity index is -0.000000705. The summed E-state index contributed by atoms with van der Waals surface area (Å²) < 4.78 is 19.5. The van der Waals surface area contributed by atoms with E-state index in [0.29, 0.717) is 13.2 Å². The van der Waals surface area contributed by atoms with Crippen LogP contribution in [0, 0.1) is 0 Å². The molecule has 0 amide bonds. The Bertz CT molecular complexity index is 288. The van der Waals surface area contributed by atoms with Gasteiger partial charge in [0.05, 0.1) is 13.2 Å². The van der Waals surface area contributed by atoms with Gasteiger partial charge in [-0.05, 0) is 12.8 Å². The Morgan fingerprint density at radius 2 is 0.963 bits per heavy atom. The summed E-state index contributed by atoms with van der Waals surface area (Å²) >= 11 is 0. The number of phosphoric acid groups is 1. The molecule has 0 saturated heterocycles. The van der Waals surface area contributed by atoms with E-state index in [1.807, 2.05) is 0 Å². The molecule has 0 unspecified atom stereocenters. The molecule has 0 radical (unpaired) electrons. The van der Waals surface area contributed by atoms with E-state index < -0.39 is 16.4 Å². The molecular formula is C18H42O7P2. The molecular weight excluding hydrogens is 390 g/mol. The van der Waals surface area contributed by atoms with E-state index in [4.69, 9.17) is 28.3 Å². The van der Waals surface area contributed by atoms with Crippen molar-refractivity contribution in [1.82, 2.24) is 0 Å². The van der Waals surface area contributed by atoms with Gasteiger partial charge in [-0.3, -0.25) is 0 Å². The lowest BCUT2D eigenvalue weighted by molar-refractivity contribution is 0.193. The van der Waals surface area contributed by atoms with Crippen molar-refractivity contribution >= 4 is 16.4 Å². The monoisotopic (exact) mass is 432 g/mol. The van der Waals surface area contributed by atoms with Gasteiger partial charge in [0, 0.05) is 0 Å². The highest BCUT2D eigenvalue weighted by Crippen LogP contribution is 2.33. The minimum absolute atomic E-state index is 0.630. The van der Waals surface area contributed by atoms with Gasteiger partial charge in [0.25, 0.3) is 0 Å². The average molecular weight is 432 g/mol. The van der Waals surface area contributed by atoms with Crippen LogP contribution in [0.3, 0.4) is 0 Å². The third-order valence-electron chi connectivity index (χ3n) is 3.40. The van der Waals surface area contributed by atoms with Gasteiger partial charge in [-0.2, -0.15) is 0 Å². The molecule has 0 aliphatic rings. The van der Waals surface area contributed by atoms with Gasteiger partial charge in [0.1, 0.15) is 0 Å². The summed E-state index contributed by atoms with van der Waals surface area (Å²) in [6, 6.07) is 0. The first-order chi connectivity index (χ1) is 12.8. The molecule has 166 valence electrons. The van der Waals surface area contributed by atoms with Crippen LogP contribution in [-0.4, -0.2) is 32.8 Å². The summed E-state index contributed by atoms with van der Waals surface area (Å²) in [5.74, 6) is 0. The first kappa shape index (κ1) is 31.8. The van der Waals surface area contributed by atoms with Gasteiger partial charge >= 0.3 is 16.4 Å². The molecule has 0 aromatic rings. The molecule has 0 spiro atoms. The maximum atomic E-state index is 9.55. The van der Waals surface area contributed by atoms with E-state index >= 15 is 0 Å². The van der Waals surface area contributed by atoms with Crippen LogP contribution in [0.25, 0.3) is 0 Å². The van der Waals surface area contributed by atoms with Crippen LogP contribution in [0.1, 0.15) is 90.9 Å². The number of unbranched alkanes of at least 4 members (excludes halogenated alkanes) is 10. The summed E-state index contributed by atoms with van der Waals surface area (Å²) in [5.41, 5.74) is 0. The van der Waals surface area contributed by atoms with Crippen molar-refractivity contribution in [1.29, 1.82) is 0 Å². The van der Waals surface area contributed by atoms with Crippen LogP contribution in [-0.2, 0) is 13.6 Å². The maximum absolute atomic E-state index is 9.55. The van der Waals surface area contributed by atoms with E-state index in [2.05, 4.69) is 27.0 Å². The predicted molar refractivity (Wildman–Crippen MR) is 113 cm³/mol. The quantitative estimate of drug-likeness (QED) is 0.138. The van der Waals surface area contributed by atoms with Crippen molar-refractivity contribution in [2.75, 3.05) is 13.2 Å². The molecule has 0 heterocycles. The highest BCUT2D eigenvalue weighted by Gasteiger charge is 2.05. The van der Waals surface area contributed by atoms with Gasteiger partial charge in [-0.15, -0.1) is 13.2 Å². The molecule has 0 aromatic carbocycles. The predicted octanol–water partition coefficient (Wildman–Crippen LogP) is 5.83. The molecule has 0 aliphatic carbocycles. The molecule has 0 aromatic heterocycles.